The van der Waals surface area contributed by atoms with Crippen LogP contribution in [0.15, 0.2) is 42.5 Å². The van der Waals surface area contributed by atoms with E-state index < -0.39 is 0 Å². The van der Waals surface area contributed by atoms with E-state index in [4.69, 9.17) is 0 Å². The van der Waals surface area contributed by atoms with Crippen molar-refractivity contribution < 1.29 is 8.78 Å². The molecule has 0 heterocycles. The van der Waals surface area contributed by atoms with Crippen molar-refractivity contribution in [1.82, 2.24) is 5.32 Å². The van der Waals surface area contributed by atoms with E-state index >= 15 is 0 Å². The van der Waals surface area contributed by atoms with Crippen molar-refractivity contribution >= 4 is 0 Å². The Bertz CT molecular complexity index is 581. The van der Waals surface area contributed by atoms with Gasteiger partial charge in [-0.25, -0.2) is 8.78 Å². The number of hydrogen-bond donors (Lipinski definition) is 1. The molecule has 3 heteroatoms. The zero-order chi connectivity index (χ0) is 14.5. The van der Waals surface area contributed by atoms with E-state index in [-0.39, 0.29) is 17.7 Å². The second-order valence-electron chi connectivity index (χ2n) is 4.94. The Morgan fingerprint density at radius 3 is 2.45 bits per heavy atom. The van der Waals surface area contributed by atoms with Gasteiger partial charge in [0.2, 0.25) is 0 Å². The van der Waals surface area contributed by atoms with Crippen LogP contribution in [0.3, 0.4) is 0 Å². The van der Waals surface area contributed by atoms with Crippen LogP contribution in [0.5, 0.6) is 0 Å². The molecule has 0 saturated heterocycles. The first-order valence-electron chi connectivity index (χ1n) is 6.86. The molecule has 0 amide bonds. The molecular weight excluding hydrogens is 256 g/mol. The molecule has 0 aliphatic heterocycles. The predicted molar refractivity (Wildman–Crippen MR) is 77.7 cm³/mol. The summed E-state index contributed by atoms with van der Waals surface area (Å²) in [5.74, 6) is -0.509. The summed E-state index contributed by atoms with van der Waals surface area (Å²) in [5.41, 5.74) is 2.70. The summed E-state index contributed by atoms with van der Waals surface area (Å²) in [4.78, 5) is 0. The Balaban J connectivity index is 2.41. The van der Waals surface area contributed by atoms with Crippen molar-refractivity contribution in [2.24, 2.45) is 0 Å². The molecule has 0 radical (unpaired) electrons. The van der Waals surface area contributed by atoms with Crippen LogP contribution < -0.4 is 5.32 Å². The molecule has 2 rings (SSSR count). The molecule has 1 nitrogen and oxygen atoms in total. The number of nitrogens with one attached hydrogen (secondary N) is 1. The number of halogens is 2. The fraction of sp³-hybridized carbons (Fsp3) is 0.294. The third-order valence-corrected chi connectivity index (χ3v) is 3.32. The van der Waals surface area contributed by atoms with Crippen molar-refractivity contribution in [2.45, 2.75) is 26.3 Å². The van der Waals surface area contributed by atoms with Crippen LogP contribution >= 0.6 is 0 Å². The molecule has 1 N–H and O–H groups in total. The quantitative estimate of drug-likeness (QED) is 0.854. The maximum atomic E-state index is 13.4. The monoisotopic (exact) mass is 275 g/mol. The lowest BCUT2D eigenvalue weighted by molar-refractivity contribution is 0.580. The van der Waals surface area contributed by atoms with Crippen molar-refractivity contribution in [3.8, 4) is 0 Å². The van der Waals surface area contributed by atoms with Crippen LogP contribution in [0.25, 0.3) is 0 Å². The van der Waals surface area contributed by atoms with Crippen LogP contribution in [0.2, 0.25) is 0 Å². The molecule has 0 fully saturated rings. The van der Waals surface area contributed by atoms with E-state index in [1.807, 2.05) is 13.0 Å². The summed E-state index contributed by atoms with van der Waals surface area (Å²) in [5, 5.41) is 3.40. The van der Waals surface area contributed by atoms with Gasteiger partial charge >= 0.3 is 0 Å². The van der Waals surface area contributed by atoms with Crippen LogP contribution in [0.1, 0.15) is 36.1 Å². The fourth-order valence-corrected chi connectivity index (χ4v) is 2.35. The van der Waals surface area contributed by atoms with Crippen molar-refractivity contribution in [2.75, 3.05) is 6.54 Å². The molecule has 106 valence electrons. The Labute approximate surface area is 118 Å². The van der Waals surface area contributed by atoms with E-state index in [0.717, 1.165) is 29.7 Å². The molecule has 1 atom stereocenters. The zero-order valence-corrected chi connectivity index (χ0v) is 11.8. The number of rotatable bonds is 5. The maximum absolute atomic E-state index is 13.4. The first kappa shape index (κ1) is 14.7. The van der Waals surface area contributed by atoms with Gasteiger partial charge < -0.3 is 5.32 Å². The summed E-state index contributed by atoms with van der Waals surface area (Å²) in [6, 6.07) is 11.1. The fourth-order valence-electron chi connectivity index (χ4n) is 2.35. The van der Waals surface area contributed by atoms with Gasteiger partial charge in [-0.15, -0.1) is 0 Å². The Morgan fingerprint density at radius 1 is 1.05 bits per heavy atom. The van der Waals surface area contributed by atoms with Gasteiger partial charge in [-0.2, -0.15) is 0 Å². The lowest BCUT2D eigenvalue weighted by atomic mass is 9.94. The second-order valence-corrected chi connectivity index (χ2v) is 4.94. The molecule has 0 spiro atoms. The lowest BCUT2D eigenvalue weighted by Gasteiger charge is -2.21. The molecule has 20 heavy (non-hydrogen) atoms. The highest BCUT2D eigenvalue weighted by molar-refractivity contribution is 5.37. The van der Waals surface area contributed by atoms with E-state index in [9.17, 15) is 8.78 Å². The predicted octanol–water partition coefficient (Wildman–Crippen LogP) is 4.36. The van der Waals surface area contributed by atoms with Gasteiger partial charge in [-0.05, 0) is 60.8 Å². The maximum Gasteiger partial charge on any atom is 0.123 e. The van der Waals surface area contributed by atoms with Crippen LogP contribution in [0, 0.1) is 18.6 Å². The summed E-state index contributed by atoms with van der Waals surface area (Å²) >= 11 is 0. The third-order valence-electron chi connectivity index (χ3n) is 3.32. The number of hydrogen-bond acceptors (Lipinski definition) is 1. The normalized spacial score (nSPS) is 12.4. The highest BCUT2D eigenvalue weighted by Crippen LogP contribution is 2.26. The molecular formula is C17H19F2N. The first-order chi connectivity index (χ1) is 9.61. The van der Waals surface area contributed by atoms with Gasteiger partial charge in [0.05, 0.1) is 6.04 Å². The van der Waals surface area contributed by atoms with E-state index in [1.165, 1.54) is 24.3 Å². The van der Waals surface area contributed by atoms with Crippen molar-refractivity contribution in [3.05, 3.63) is 70.8 Å². The summed E-state index contributed by atoms with van der Waals surface area (Å²) in [6.07, 6.45) is 0.978. The van der Waals surface area contributed by atoms with E-state index in [2.05, 4.69) is 12.2 Å². The summed E-state index contributed by atoms with van der Waals surface area (Å²) < 4.78 is 26.7. The minimum Gasteiger partial charge on any atom is -0.306 e. The van der Waals surface area contributed by atoms with Crippen molar-refractivity contribution in [1.29, 1.82) is 0 Å². The van der Waals surface area contributed by atoms with Gasteiger partial charge in [0.25, 0.3) is 0 Å². The van der Waals surface area contributed by atoms with E-state index in [0.29, 0.717) is 0 Å². The molecule has 0 aliphatic rings. The summed E-state index contributed by atoms with van der Waals surface area (Å²) in [6.45, 7) is 4.77. The lowest BCUT2D eigenvalue weighted by Crippen LogP contribution is -2.24. The smallest absolute Gasteiger partial charge is 0.123 e. The average Bonchev–Trinajstić information content (AvgIpc) is 2.41. The average molecular weight is 275 g/mol. The molecule has 2 aromatic rings. The topological polar surface area (TPSA) is 12.0 Å². The third kappa shape index (κ3) is 3.42. The minimum atomic E-state index is -0.259. The van der Waals surface area contributed by atoms with Crippen LogP contribution in [-0.2, 0) is 0 Å². The van der Waals surface area contributed by atoms with Gasteiger partial charge in [-0.3, -0.25) is 0 Å². The first-order valence-corrected chi connectivity index (χ1v) is 6.86. The van der Waals surface area contributed by atoms with E-state index in [1.54, 1.807) is 12.1 Å². The Hall–Kier alpha value is -1.74. The van der Waals surface area contributed by atoms with Gasteiger partial charge in [0, 0.05) is 0 Å². The minimum absolute atomic E-state index is 0.119. The van der Waals surface area contributed by atoms with Crippen molar-refractivity contribution in [3.63, 3.8) is 0 Å². The van der Waals surface area contributed by atoms with Crippen LogP contribution in [0.4, 0.5) is 8.78 Å². The molecule has 0 aromatic heterocycles. The number of aryl methyl sites for hydroxylation is 1. The highest BCUT2D eigenvalue weighted by Gasteiger charge is 2.16. The Morgan fingerprint density at radius 2 is 1.80 bits per heavy atom. The molecule has 0 bridgehead atoms. The molecule has 0 aliphatic carbocycles. The number of benzene rings is 2. The largest absolute Gasteiger partial charge is 0.306 e. The van der Waals surface area contributed by atoms with Gasteiger partial charge in [0.1, 0.15) is 11.6 Å². The molecule has 1 unspecified atom stereocenters. The standard InChI is InChI=1S/C17H19F2N/c1-3-9-20-17(13-5-4-6-14(18)11-13)16-8-7-15(19)10-12(16)2/h4-8,10-11,17,20H,3,9H2,1-2H3. The van der Waals surface area contributed by atoms with Crippen LogP contribution in [-0.4, -0.2) is 6.54 Å². The zero-order valence-electron chi connectivity index (χ0n) is 11.8. The molecule has 0 saturated carbocycles. The Kier molecular flexibility index (Phi) is 4.85. The van der Waals surface area contributed by atoms with Gasteiger partial charge in [0.15, 0.2) is 0 Å². The van der Waals surface area contributed by atoms with Gasteiger partial charge in [-0.1, -0.05) is 25.1 Å². The summed E-state index contributed by atoms with van der Waals surface area (Å²) in [7, 11) is 0. The highest BCUT2D eigenvalue weighted by atomic mass is 19.1. The molecule has 2 aromatic carbocycles. The second kappa shape index (κ2) is 6.62. The SMILES string of the molecule is CCCNC(c1cccc(F)c1)c1ccc(F)cc1C.